The number of amides is 1. The summed E-state index contributed by atoms with van der Waals surface area (Å²) in [6, 6.07) is 12.1. The summed E-state index contributed by atoms with van der Waals surface area (Å²) in [6.07, 6.45) is 3.43. The molecule has 0 saturated carbocycles. The van der Waals surface area contributed by atoms with Crippen LogP contribution in [0, 0.1) is 6.92 Å². The number of piperidine rings is 1. The number of nitrogens with zero attached hydrogens (tertiary/aromatic N) is 3. The minimum atomic E-state index is -0.419. The van der Waals surface area contributed by atoms with Crippen molar-refractivity contribution >= 4 is 11.7 Å². The van der Waals surface area contributed by atoms with Gasteiger partial charge in [-0.25, -0.2) is 9.97 Å². The summed E-state index contributed by atoms with van der Waals surface area (Å²) < 4.78 is 11.6. The van der Waals surface area contributed by atoms with E-state index in [-0.39, 0.29) is 5.91 Å². The fourth-order valence-electron chi connectivity index (χ4n) is 3.92. The number of rotatable bonds is 6. The summed E-state index contributed by atoms with van der Waals surface area (Å²) in [6.45, 7) is 5.35. The Morgan fingerprint density at radius 3 is 2.59 bits per heavy atom. The molecule has 2 fully saturated rings. The van der Waals surface area contributed by atoms with Crippen LogP contribution in [0.2, 0.25) is 0 Å². The van der Waals surface area contributed by atoms with Crippen molar-refractivity contribution in [3.8, 4) is 0 Å². The lowest BCUT2D eigenvalue weighted by atomic mass is 10.0. The van der Waals surface area contributed by atoms with Gasteiger partial charge in [0, 0.05) is 38.5 Å². The van der Waals surface area contributed by atoms with Gasteiger partial charge in [-0.3, -0.25) is 4.79 Å². The van der Waals surface area contributed by atoms with Gasteiger partial charge in [-0.15, -0.1) is 0 Å². The number of nitrogens with one attached hydrogen (secondary N) is 1. The van der Waals surface area contributed by atoms with E-state index in [4.69, 9.17) is 9.47 Å². The number of anilines is 1. The smallest absolute Gasteiger partial charge is 0.270 e. The molecule has 3 heterocycles. The molecule has 1 spiro atoms. The first-order chi connectivity index (χ1) is 14.1. The molecule has 2 aliphatic heterocycles. The van der Waals surface area contributed by atoms with E-state index >= 15 is 0 Å². The van der Waals surface area contributed by atoms with Crippen LogP contribution >= 0.6 is 0 Å². The van der Waals surface area contributed by atoms with Crippen LogP contribution in [0.3, 0.4) is 0 Å². The lowest BCUT2D eigenvalue weighted by Crippen LogP contribution is -2.45. The first-order valence-electron chi connectivity index (χ1n) is 10.3. The third kappa shape index (κ3) is 4.92. The average Bonchev–Trinajstić information content (AvgIpc) is 3.20. The highest BCUT2D eigenvalue weighted by Gasteiger charge is 2.40. The van der Waals surface area contributed by atoms with E-state index in [1.807, 2.05) is 25.1 Å². The molecular weight excluding hydrogens is 368 g/mol. The van der Waals surface area contributed by atoms with Gasteiger partial charge in [0.05, 0.1) is 13.2 Å². The summed E-state index contributed by atoms with van der Waals surface area (Å²) in [5.74, 6) is 0.823. The Balaban J connectivity index is 1.32. The Bertz CT molecular complexity index is 827. The lowest BCUT2D eigenvalue weighted by Gasteiger charge is -2.38. The van der Waals surface area contributed by atoms with Crippen molar-refractivity contribution in [3.05, 3.63) is 53.5 Å². The summed E-state index contributed by atoms with van der Waals surface area (Å²) in [5.41, 5.74) is 1.70. The van der Waals surface area contributed by atoms with Crippen LogP contribution in [-0.2, 0) is 15.9 Å². The van der Waals surface area contributed by atoms with Crippen molar-refractivity contribution < 1.29 is 14.3 Å². The fourth-order valence-corrected chi connectivity index (χ4v) is 3.92. The van der Waals surface area contributed by atoms with Crippen molar-refractivity contribution in [1.82, 2.24) is 15.3 Å². The van der Waals surface area contributed by atoms with Crippen molar-refractivity contribution in [2.45, 2.75) is 38.4 Å². The van der Waals surface area contributed by atoms with Crippen LogP contribution in [0.15, 0.2) is 36.4 Å². The van der Waals surface area contributed by atoms with Gasteiger partial charge >= 0.3 is 0 Å². The Hall–Kier alpha value is -2.51. The molecular formula is C22H28N4O3. The van der Waals surface area contributed by atoms with Gasteiger partial charge in [0.2, 0.25) is 0 Å². The Kier molecular flexibility index (Phi) is 6.06. The molecule has 154 valence electrons. The molecule has 1 amide bonds. The molecule has 7 heteroatoms. The number of ether oxygens (including phenoxy) is 2. The van der Waals surface area contributed by atoms with E-state index in [1.165, 1.54) is 5.56 Å². The predicted octanol–water partition coefficient (Wildman–Crippen LogP) is 2.49. The normalized spacial score (nSPS) is 18.2. The van der Waals surface area contributed by atoms with Gasteiger partial charge in [0.15, 0.2) is 5.79 Å². The first-order valence-corrected chi connectivity index (χ1v) is 10.3. The number of hydrogen-bond donors (Lipinski definition) is 1. The van der Waals surface area contributed by atoms with Crippen LogP contribution in [0.25, 0.3) is 0 Å². The molecule has 0 radical (unpaired) electrons. The SMILES string of the molecule is Cc1nc(C(=O)NCCCc2ccccc2)cc(N2CCC3(CC2)OCCO3)n1. The van der Waals surface area contributed by atoms with Crippen molar-refractivity contribution in [3.63, 3.8) is 0 Å². The molecule has 2 saturated heterocycles. The summed E-state index contributed by atoms with van der Waals surface area (Å²) in [7, 11) is 0. The monoisotopic (exact) mass is 396 g/mol. The van der Waals surface area contributed by atoms with Gasteiger partial charge in [0.1, 0.15) is 17.3 Å². The second-order valence-electron chi connectivity index (χ2n) is 7.60. The number of carbonyl (C=O) groups excluding carboxylic acids is 1. The third-order valence-electron chi connectivity index (χ3n) is 5.49. The van der Waals surface area contributed by atoms with E-state index in [2.05, 4.69) is 32.3 Å². The van der Waals surface area contributed by atoms with Gasteiger partial charge in [0.25, 0.3) is 5.91 Å². The third-order valence-corrected chi connectivity index (χ3v) is 5.49. The molecule has 4 rings (SSSR count). The summed E-state index contributed by atoms with van der Waals surface area (Å²) in [5, 5.41) is 2.98. The molecule has 2 aromatic rings. The highest BCUT2D eigenvalue weighted by Crippen LogP contribution is 2.32. The molecule has 0 atom stereocenters. The number of carbonyl (C=O) groups is 1. The number of hydrogen-bond acceptors (Lipinski definition) is 6. The Morgan fingerprint density at radius 2 is 1.86 bits per heavy atom. The first kappa shape index (κ1) is 19.8. The maximum Gasteiger partial charge on any atom is 0.270 e. The number of aryl methyl sites for hydroxylation is 2. The molecule has 2 aliphatic rings. The van der Waals surface area contributed by atoms with E-state index in [0.29, 0.717) is 31.3 Å². The average molecular weight is 396 g/mol. The zero-order valence-corrected chi connectivity index (χ0v) is 16.9. The molecule has 1 aromatic carbocycles. The van der Waals surface area contributed by atoms with Crippen LogP contribution in [0.5, 0.6) is 0 Å². The Morgan fingerprint density at radius 1 is 1.14 bits per heavy atom. The Labute approximate surface area is 171 Å². The van der Waals surface area contributed by atoms with E-state index < -0.39 is 5.79 Å². The molecule has 1 aromatic heterocycles. The lowest BCUT2D eigenvalue weighted by molar-refractivity contribution is -0.169. The van der Waals surface area contributed by atoms with Gasteiger partial charge in [-0.1, -0.05) is 30.3 Å². The van der Waals surface area contributed by atoms with Crippen molar-refractivity contribution in [2.75, 3.05) is 37.7 Å². The zero-order chi connectivity index (χ0) is 20.1. The van der Waals surface area contributed by atoms with Gasteiger partial charge < -0.3 is 19.7 Å². The highest BCUT2D eigenvalue weighted by molar-refractivity contribution is 5.92. The van der Waals surface area contributed by atoms with Crippen LogP contribution in [0.1, 0.15) is 41.1 Å². The molecule has 29 heavy (non-hydrogen) atoms. The van der Waals surface area contributed by atoms with Crippen LogP contribution in [-0.4, -0.2) is 54.5 Å². The van der Waals surface area contributed by atoms with Gasteiger partial charge in [-0.05, 0) is 25.3 Å². The zero-order valence-electron chi connectivity index (χ0n) is 16.9. The van der Waals surface area contributed by atoms with Crippen LogP contribution in [0.4, 0.5) is 5.82 Å². The number of aromatic nitrogens is 2. The fraction of sp³-hybridized carbons (Fsp3) is 0.500. The summed E-state index contributed by atoms with van der Waals surface area (Å²) >= 11 is 0. The highest BCUT2D eigenvalue weighted by atomic mass is 16.7. The molecule has 0 bridgehead atoms. The largest absolute Gasteiger partial charge is 0.356 e. The topological polar surface area (TPSA) is 76.6 Å². The molecule has 0 aliphatic carbocycles. The van der Waals surface area contributed by atoms with E-state index in [9.17, 15) is 4.79 Å². The molecule has 7 nitrogen and oxygen atoms in total. The predicted molar refractivity (Wildman–Crippen MR) is 110 cm³/mol. The second-order valence-corrected chi connectivity index (χ2v) is 7.60. The molecule has 1 N–H and O–H groups in total. The maximum absolute atomic E-state index is 12.6. The quantitative estimate of drug-likeness (QED) is 0.756. The van der Waals surface area contributed by atoms with Crippen molar-refractivity contribution in [1.29, 1.82) is 0 Å². The van der Waals surface area contributed by atoms with E-state index in [1.54, 1.807) is 6.07 Å². The summed E-state index contributed by atoms with van der Waals surface area (Å²) in [4.78, 5) is 23.6. The minimum absolute atomic E-state index is 0.152. The van der Waals surface area contributed by atoms with Gasteiger partial charge in [-0.2, -0.15) is 0 Å². The standard InChI is InChI=1S/C22H28N4O3/c1-17-24-19(21(27)23-11-5-8-18-6-3-2-4-7-18)16-20(25-17)26-12-9-22(10-13-26)28-14-15-29-22/h2-4,6-7,16H,5,8-15H2,1H3,(H,23,27). The molecule has 0 unspecified atom stereocenters. The maximum atomic E-state index is 12.6. The van der Waals surface area contributed by atoms with E-state index in [0.717, 1.165) is 44.6 Å². The van der Waals surface area contributed by atoms with Crippen LogP contribution < -0.4 is 10.2 Å². The minimum Gasteiger partial charge on any atom is -0.356 e. The van der Waals surface area contributed by atoms with Crippen molar-refractivity contribution in [2.24, 2.45) is 0 Å². The number of benzene rings is 1. The second kappa shape index (κ2) is 8.88.